The van der Waals surface area contributed by atoms with Crippen molar-refractivity contribution in [1.29, 1.82) is 0 Å². The van der Waals surface area contributed by atoms with Gasteiger partial charge in [-0.25, -0.2) is 9.59 Å². The maximum Gasteiger partial charge on any atom is 0.337 e. The van der Waals surface area contributed by atoms with Gasteiger partial charge in [-0.15, -0.1) is 0 Å². The van der Waals surface area contributed by atoms with Crippen LogP contribution in [0.25, 0.3) is 0 Å². The molecule has 0 aliphatic carbocycles. The predicted octanol–water partition coefficient (Wildman–Crippen LogP) is 1.79. The molecule has 0 saturated carbocycles. The number of nitrogens with one attached hydrogen (secondary N) is 2. The number of hydrogen-bond acceptors (Lipinski definition) is 5. The zero-order valence-corrected chi connectivity index (χ0v) is 11.4. The molecular weight excluding hydrogens is 300 g/mol. The zero-order chi connectivity index (χ0) is 15.2. The summed E-state index contributed by atoms with van der Waals surface area (Å²) in [6.45, 7) is 0.299. The van der Waals surface area contributed by atoms with Gasteiger partial charge in [-0.1, -0.05) is 16.8 Å². The third-order valence-electron chi connectivity index (χ3n) is 2.49. The molecule has 0 unspecified atom stereocenters. The molecule has 1 aromatic heterocycles. The SMILES string of the molecule is O=C(NCCc1ncno1)Nc1ccc(Cl)c(C(=O)O)c1. The fourth-order valence-electron chi connectivity index (χ4n) is 1.53. The number of nitrogens with zero attached hydrogens (tertiary/aromatic N) is 2. The standard InChI is InChI=1S/C12H11ClN4O4/c13-9-2-1-7(5-8(9)11(18)19)17-12(20)14-4-3-10-15-6-16-21-10/h1-2,5-6H,3-4H2,(H,18,19)(H2,14,17,20). The minimum atomic E-state index is -1.17. The summed E-state index contributed by atoms with van der Waals surface area (Å²) in [6.07, 6.45) is 1.67. The zero-order valence-electron chi connectivity index (χ0n) is 10.7. The van der Waals surface area contributed by atoms with Crippen LogP contribution >= 0.6 is 11.6 Å². The lowest BCUT2D eigenvalue weighted by Gasteiger charge is -2.08. The van der Waals surface area contributed by atoms with E-state index >= 15 is 0 Å². The van der Waals surface area contributed by atoms with Crippen LogP contribution in [0.2, 0.25) is 5.02 Å². The number of aromatic carboxylic acids is 1. The van der Waals surface area contributed by atoms with Crippen LogP contribution in [-0.4, -0.2) is 33.8 Å². The van der Waals surface area contributed by atoms with Crippen molar-refractivity contribution in [3.63, 3.8) is 0 Å². The highest BCUT2D eigenvalue weighted by molar-refractivity contribution is 6.33. The number of anilines is 1. The first kappa shape index (κ1) is 14.8. The summed E-state index contributed by atoms with van der Waals surface area (Å²) >= 11 is 5.74. The molecule has 1 heterocycles. The second kappa shape index (κ2) is 6.71. The van der Waals surface area contributed by atoms with Gasteiger partial charge in [-0.05, 0) is 18.2 Å². The van der Waals surface area contributed by atoms with Gasteiger partial charge in [0.2, 0.25) is 5.89 Å². The van der Waals surface area contributed by atoms with E-state index in [0.717, 1.165) is 0 Å². The maximum atomic E-state index is 11.6. The van der Waals surface area contributed by atoms with Crippen molar-refractivity contribution in [3.8, 4) is 0 Å². The minimum Gasteiger partial charge on any atom is -0.478 e. The molecule has 0 bridgehead atoms. The van der Waals surface area contributed by atoms with Crippen LogP contribution in [0.5, 0.6) is 0 Å². The van der Waals surface area contributed by atoms with E-state index in [4.69, 9.17) is 21.2 Å². The summed E-state index contributed by atoms with van der Waals surface area (Å²) < 4.78 is 4.78. The van der Waals surface area contributed by atoms with E-state index in [1.165, 1.54) is 24.5 Å². The van der Waals surface area contributed by atoms with Crippen LogP contribution in [0.15, 0.2) is 29.0 Å². The molecule has 0 aliphatic heterocycles. The Bertz CT molecular complexity index is 645. The molecule has 9 heteroatoms. The largest absolute Gasteiger partial charge is 0.478 e. The highest BCUT2D eigenvalue weighted by Gasteiger charge is 2.10. The molecule has 21 heavy (non-hydrogen) atoms. The number of carboxylic acids is 1. The van der Waals surface area contributed by atoms with Crippen LogP contribution < -0.4 is 10.6 Å². The van der Waals surface area contributed by atoms with Gasteiger partial charge in [0.05, 0.1) is 10.6 Å². The Morgan fingerprint density at radius 2 is 2.19 bits per heavy atom. The van der Waals surface area contributed by atoms with Gasteiger partial charge in [-0.3, -0.25) is 0 Å². The van der Waals surface area contributed by atoms with Crippen molar-refractivity contribution in [1.82, 2.24) is 15.5 Å². The molecule has 0 atom stereocenters. The number of hydrogen-bond donors (Lipinski definition) is 3. The van der Waals surface area contributed by atoms with Gasteiger partial charge in [0.25, 0.3) is 0 Å². The topological polar surface area (TPSA) is 117 Å². The summed E-state index contributed by atoms with van der Waals surface area (Å²) in [6, 6.07) is 3.71. The number of carbonyl (C=O) groups excluding carboxylic acids is 1. The molecule has 0 saturated heterocycles. The van der Waals surface area contributed by atoms with Crippen molar-refractivity contribution in [2.75, 3.05) is 11.9 Å². The Hall–Kier alpha value is -2.61. The van der Waals surface area contributed by atoms with Gasteiger partial charge in [0.15, 0.2) is 6.33 Å². The van der Waals surface area contributed by atoms with E-state index in [1.807, 2.05) is 0 Å². The number of carboxylic acid groups (broad SMARTS) is 1. The number of halogens is 1. The fourth-order valence-corrected chi connectivity index (χ4v) is 1.73. The number of amides is 2. The minimum absolute atomic E-state index is 0.0830. The highest BCUT2D eigenvalue weighted by atomic mass is 35.5. The summed E-state index contributed by atoms with van der Waals surface area (Å²) in [5.74, 6) is -0.754. The van der Waals surface area contributed by atoms with Crippen molar-refractivity contribution < 1.29 is 19.2 Å². The quantitative estimate of drug-likeness (QED) is 0.775. The molecule has 2 rings (SSSR count). The molecule has 0 fully saturated rings. The summed E-state index contributed by atoms with van der Waals surface area (Å²) in [5.41, 5.74) is 0.243. The normalized spacial score (nSPS) is 10.1. The van der Waals surface area contributed by atoms with E-state index in [1.54, 1.807) is 0 Å². The Balaban J connectivity index is 1.87. The van der Waals surface area contributed by atoms with Crippen molar-refractivity contribution in [3.05, 3.63) is 41.0 Å². The highest BCUT2D eigenvalue weighted by Crippen LogP contribution is 2.20. The Labute approximate surface area is 124 Å². The van der Waals surface area contributed by atoms with Crippen LogP contribution in [0.3, 0.4) is 0 Å². The molecule has 2 aromatic rings. The molecule has 0 aliphatic rings. The second-order valence-electron chi connectivity index (χ2n) is 3.97. The van der Waals surface area contributed by atoms with E-state index < -0.39 is 12.0 Å². The molecule has 0 radical (unpaired) electrons. The lowest BCUT2D eigenvalue weighted by molar-refractivity contribution is 0.0697. The van der Waals surface area contributed by atoms with Gasteiger partial charge < -0.3 is 20.3 Å². The van der Waals surface area contributed by atoms with Gasteiger partial charge in [0, 0.05) is 18.7 Å². The summed E-state index contributed by atoms with van der Waals surface area (Å²) in [7, 11) is 0. The average molecular weight is 311 g/mol. The predicted molar refractivity (Wildman–Crippen MR) is 73.4 cm³/mol. The summed E-state index contributed by atoms with van der Waals surface area (Å²) in [5, 5.41) is 17.6. The first-order valence-corrected chi connectivity index (χ1v) is 6.27. The molecule has 1 aromatic carbocycles. The number of urea groups is 1. The van der Waals surface area contributed by atoms with Crippen molar-refractivity contribution in [2.24, 2.45) is 0 Å². The first-order valence-electron chi connectivity index (χ1n) is 5.89. The Kier molecular flexibility index (Phi) is 4.72. The number of carbonyl (C=O) groups is 2. The van der Waals surface area contributed by atoms with E-state index in [0.29, 0.717) is 24.5 Å². The molecule has 8 nitrogen and oxygen atoms in total. The maximum absolute atomic E-state index is 11.6. The summed E-state index contributed by atoms with van der Waals surface area (Å²) in [4.78, 5) is 26.4. The van der Waals surface area contributed by atoms with Crippen molar-refractivity contribution in [2.45, 2.75) is 6.42 Å². The first-order chi connectivity index (χ1) is 10.1. The van der Waals surface area contributed by atoms with E-state index in [-0.39, 0.29) is 10.6 Å². The van der Waals surface area contributed by atoms with Crippen LogP contribution in [0.4, 0.5) is 10.5 Å². The lowest BCUT2D eigenvalue weighted by Crippen LogP contribution is -2.30. The lowest BCUT2D eigenvalue weighted by atomic mass is 10.2. The number of benzene rings is 1. The molecule has 0 spiro atoms. The van der Waals surface area contributed by atoms with Gasteiger partial charge in [-0.2, -0.15) is 4.98 Å². The van der Waals surface area contributed by atoms with Crippen LogP contribution in [-0.2, 0) is 6.42 Å². The number of rotatable bonds is 5. The fraction of sp³-hybridized carbons (Fsp3) is 0.167. The van der Waals surface area contributed by atoms with E-state index in [9.17, 15) is 9.59 Å². The van der Waals surface area contributed by atoms with Gasteiger partial charge >= 0.3 is 12.0 Å². The Morgan fingerprint density at radius 1 is 1.38 bits per heavy atom. The number of aromatic nitrogens is 2. The Morgan fingerprint density at radius 3 is 2.86 bits per heavy atom. The van der Waals surface area contributed by atoms with E-state index in [2.05, 4.69) is 20.8 Å². The van der Waals surface area contributed by atoms with Crippen molar-refractivity contribution >= 4 is 29.3 Å². The van der Waals surface area contributed by atoms with Crippen LogP contribution in [0, 0.1) is 0 Å². The third-order valence-corrected chi connectivity index (χ3v) is 2.82. The molecule has 2 amide bonds. The smallest absolute Gasteiger partial charge is 0.337 e. The average Bonchev–Trinajstić information content (AvgIpc) is 2.94. The van der Waals surface area contributed by atoms with Gasteiger partial charge in [0.1, 0.15) is 0 Å². The molecular formula is C12H11ClN4O4. The third kappa shape index (κ3) is 4.18. The van der Waals surface area contributed by atoms with Crippen LogP contribution in [0.1, 0.15) is 16.2 Å². The molecule has 3 N–H and O–H groups in total. The molecule has 110 valence electrons. The second-order valence-corrected chi connectivity index (χ2v) is 4.37. The monoisotopic (exact) mass is 310 g/mol.